The number of hydrogen-bond donors (Lipinski definition) is 0. The van der Waals surface area contributed by atoms with Gasteiger partial charge in [0.05, 0.1) is 0 Å². The molecule has 2 heterocycles. The lowest BCUT2D eigenvalue weighted by molar-refractivity contribution is 0.0967. The lowest BCUT2D eigenvalue weighted by Gasteiger charge is -2.23. The molecule has 2 fully saturated rings. The highest BCUT2D eigenvalue weighted by molar-refractivity contribution is 9.10. The molecule has 0 radical (unpaired) electrons. The Hall–Kier alpha value is -0.710. The maximum absolute atomic E-state index is 12.2. The van der Waals surface area contributed by atoms with Gasteiger partial charge in [-0.15, -0.1) is 0 Å². The summed E-state index contributed by atoms with van der Waals surface area (Å²) in [6.07, 6.45) is 4.62. The van der Waals surface area contributed by atoms with E-state index in [4.69, 9.17) is 0 Å². The van der Waals surface area contributed by atoms with Crippen molar-refractivity contribution >= 4 is 21.7 Å². The number of hydrogen-bond acceptors (Lipinski definition) is 3. The average Bonchev–Trinajstić information content (AvgIpc) is 3.16. The van der Waals surface area contributed by atoms with E-state index in [2.05, 4.69) is 25.7 Å². The minimum atomic E-state index is 0.257. The summed E-state index contributed by atoms with van der Waals surface area (Å²) in [6.45, 7) is 5.74. The Labute approximate surface area is 135 Å². The Morgan fingerprint density at radius 1 is 1.14 bits per heavy atom. The summed E-state index contributed by atoms with van der Waals surface area (Å²) in [4.78, 5) is 17.3. The second kappa shape index (κ2) is 7.03. The zero-order valence-electron chi connectivity index (χ0n) is 12.4. The molecule has 114 valence electrons. The van der Waals surface area contributed by atoms with Crippen LogP contribution >= 0.6 is 15.9 Å². The number of carbonyl (C=O) groups excluding carboxylic acids is 1. The van der Waals surface area contributed by atoms with Crippen molar-refractivity contribution in [3.63, 3.8) is 0 Å². The first-order chi connectivity index (χ1) is 10.2. The molecule has 0 amide bonds. The Morgan fingerprint density at radius 2 is 1.86 bits per heavy atom. The van der Waals surface area contributed by atoms with E-state index in [0.717, 1.165) is 35.7 Å². The van der Waals surface area contributed by atoms with E-state index in [9.17, 15) is 4.79 Å². The smallest absolute Gasteiger partial charge is 0.164 e. The zero-order chi connectivity index (χ0) is 14.7. The number of halogens is 1. The number of ketones is 1. The molecule has 3 rings (SSSR count). The number of Topliss-reactive ketones (excluding diaryl/α,β-unsaturated/α-hetero) is 1. The van der Waals surface area contributed by atoms with E-state index in [1.165, 1.54) is 32.4 Å². The summed E-state index contributed by atoms with van der Waals surface area (Å²) in [5.41, 5.74) is 0.827. The molecule has 0 aliphatic carbocycles. The fourth-order valence-electron chi connectivity index (χ4n) is 3.46. The van der Waals surface area contributed by atoms with Gasteiger partial charge in [-0.05, 0) is 51.0 Å². The molecular formula is C17H23BrN2O. The van der Waals surface area contributed by atoms with Crippen LogP contribution in [0.3, 0.4) is 0 Å². The standard InChI is InChI=1S/C17H23BrN2O/c18-15-5-3-14(4-6-15)17(21)8-12-19-11-7-16(13-19)20-9-1-2-10-20/h3-6,16H,1-2,7-13H2. The lowest BCUT2D eigenvalue weighted by atomic mass is 10.1. The molecule has 1 aromatic carbocycles. The van der Waals surface area contributed by atoms with Crippen molar-refractivity contribution in [2.75, 3.05) is 32.7 Å². The van der Waals surface area contributed by atoms with Crippen molar-refractivity contribution < 1.29 is 4.79 Å². The van der Waals surface area contributed by atoms with E-state index >= 15 is 0 Å². The van der Waals surface area contributed by atoms with Crippen LogP contribution in [0.2, 0.25) is 0 Å². The molecular weight excluding hydrogens is 328 g/mol. The summed E-state index contributed by atoms with van der Waals surface area (Å²) in [5, 5.41) is 0. The molecule has 0 saturated carbocycles. The fraction of sp³-hybridized carbons (Fsp3) is 0.588. The van der Waals surface area contributed by atoms with Crippen molar-refractivity contribution in [3.05, 3.63) is 34.3 Å². The Bertz CT molecular complexity index is 482. The molecule has 2 aliphatic rings. The third-order valence-electron chi connectivity index (χ3n) is 4.73. The van der Waals surface area contributed by atoms with Crippen LogP contribution < -0.4 is 0 Å². The van der Waals surface area contributed by atoms with E-state index in [0.29, 0.717) is 6.42 Å². The van der Waals surface area contributed by atoms with E-state index < -0.39 is 0 Å². The van der Waals surface area contributed by atoms with Crippen LogP contribution in [0.15, 0.2) is 28.7 Å². The highest BCUT2D eigenvalue weighted by Crippen LogP contribution is 2.20. The molecule has 21 heavy (non-hydrogen) atoms. The number of carbonyl (C=O) groups is 1. The zero-order valence-corrected chi connectivity index (χ0v) is 14.0. The predicted octanol–water partition coefficient (Wildman–Crippen LogP) is 3.19. The van der Waals surface area contributed by atoms with Gasteiger partial charge in [0.1, 0.15) is 0 Å². The first kappa shape index (κ1) is 15.2. The second-order valence-corrected chi connectivity index (χ2v) is 7.08. The third-order valence-corrected chi connectivity index (χ3v) is 5.25. The fourth-order valence-corrected chi connectivity index (χ4v) is 3.72. The third kappa shape index (κ3) is 3.93. The van der Waals surface area contributed by atoms with Crippen molar-refractivity contribution in [2.45, 2.75) is 31.7 Å². The van der Waals surface area contributed by atoms with Crippen LogP contribution in [-0.2, 0) is 0 Å². The molecule has 1 aromatic rings. The molecule has 3 nitrogen and oxygen atoms in total. The van der Waals surface area contributed by atoms with Gasteiger partial charge in [0.15, 0.2) is 5.78 Å². The van der Waals surface area contributed by atoms with Gasteiger partial charge in [0.2, 0.25) is 0 Å². The minimum Gasteiger partial charge on any atom is -0.301 e. The normalized spacial score (nSPS) is 23.8. The van der Waals surface area contributed by atoms with E-state index in [-0.39, 0.29) is 5.78 Å². The predicted molar refractivity (Wildman–Crippen MR) is 88.7 cm³/mol. The van der Waals surface area contributed by atoms with Gasteiger partial charge in [-0.1, -0.05) is 28.1 Å². The van der Waals surface area contributed by atoms with Gasteiger partial charge in [0.25, 0.3) is 0 Å². The molecule has 1 unspecified atom stereocenters. The summed E-state index contributed by atoms with van der Waals surface area (Å²) in [7, 11) is 0. The van der Waals surface area contributed by atoms with Crippen LogP contribution in [0.5, 0.6) is 0 Å². The number of benzene rings is 1. The van der Waals surface area contributed by atoms with Gasteiger partial charge < -0.3 is 4.90 Å². The molecule has 0 bridgehead atoms. The Kier molecular flexibility index (Phi) is 5.09. The van der Waals surface area contributed by atoms with Crippen LogP contribution in [0.1, 0.15) is 36.0 Å². The summed E-state index contributed by atoms with van der Waals surface area (Å²) in [6, 6.07) is 8.42. The van der Waals surface area contributed by atoms with Gasteiger partial charge in [-0.2, -0.15) is 0 Å². The SMILES string of the molecule is O=C(CCN1CCC(N2CCCC2)C1)c1ccc(Br)cc1. The Balaban J connectivity index is 1.45. The molecule has 4 heteroatoms. The van der Waals surface area contributed by atoms with Gasteiger partial charge >= 0.3 is 0 Å². The lowest BCUT2D eigenvalue weighted by Crippen LogP contribution is -2.35. The molecule has 0 N–H and O–H groups in total. The van der Waals surface area contributed by atoms with E-state index in [1.807, 2.05) is 24.3 Å². The van der Waals surface area contributed by atoms with Crippen LogP contribution in [0.25, 0.3) is 0 Å². The number of rotatable bonds is 5. The molecule has 2 saturated heterocycles. The summed E-state index contributed by atoms with van der Waals surface area (Å²) < 4.78 is 1.02. The van der Waals surface area contributed by atoms with Crippen LogP contribution in [0.4, 0.5) is 0 Å². The maximum atomic E-state index is 12.2. The van der Waals surface area contributed by atoms with Crippen molar-refractivity contribution in [2.24, 2.45) is 0 Å². The summed E-state index contributed by atoms with van der Waals surface area (Å²) in [5.74, 6) is 0.257. The quantitative estimate of drug-likeness (QED) is 0.762. The Morgan fingerprint density at radius 3 is 2.57 bits per heavy atom. The molecule has 2 aliphatic heterocycles. The topological polar surface area (TPSA) is 23.6 Å². The monoisotopic (exact) mass is 350 g/mol. The van der Waals surface area contributed by atoms with Crippen LogP contribution in [0, 0.1) is 0 Å². The van der Waals surface area contributed by atoms with Gasteiger partial charge in [0, 0.05) is 35.6 Å². The van der Waals surface area contributed by atoms with Gasteiger partial charge in [-0.25, -0.2) is 0 Å². The van der Waals surface area contributed by atoms with E-state index in [1.54, 1.807) is 0 Å². The highest BCUT2D eigenvalue weighted by atomic mass is 79.9. The first-order valence-electron chi connectivity index (χ1n) is 7.97. The molecule has 1 atom stereocenters. The minimum absolute atomic E-state index is 0.257. The number of nitrogens with zero attached hydrogens (tertiary/aromatic N) is 2. The second-order valence-electron chi connectivity index (χ2n) is 6.17. The van der Waals surface area contributed by atoms with Crippen molar-refractivity contribution in [1.29, 1.82) is 0 Å². The molecule has 0 aromatic heterocycles. The average molecular weight is 351 g/mol. The van der Waals surface area contributed by atoms with Gasteiger partial charge in [-0.3, -0.25) is 9.69 Å². The number of likely N-dealkylation sites (tertiary alicyclic amines) is 2. The van der Waals surface area contributed by atoms with Crippen molar-refractivity contribution in [3.8, 4) is 0 Å². The summed E-state index contributed by atoms with van der Waals surface area (Å²) >= 11 is 3.40. The van der Waals surface area contributed by atoms with Crippen molar-refractivity contribution in [1.82, 2.24) is 9.80 Å². The molecule has 0 spiro atoms. The highest BCUT2D eigenvalue weighted by Gasteiger charge is 2.29. The largest absolute Gasteiger partial charge is 0.301 e. The van der Waals surface area contributed by atoms with Crippen LogP contribution in [-0.4, -0.2) is 54.3 Å². The maximum Gasteiger partial charge on any atom is 0.164 e. The first-order valence-corrected chi connectivity index (χ1v) is 8.77.